The molecule has 0 spiro atoms. The first kappa shape index (κ1) is 19.0. The summed E-state index contributed by atoms with van der Waals surface area (Å²) in [6, 6.07) is 7.02. The molecule has 1 N–H and O–H groups in total. The average molecular weight is 352 g/mol. The summed E-state index contributed by atoms with van der Waals surface area (Å²) in [5.41, 5.74) is 0. The maximum absolute atomic E-state index is 12.3. The van der Waals surface area contributed by atoms with Crippen LogP contribution in [0, 0.1) is 0 Å². The number of morpholine rings is 1. The maximum Gasteiger partial charge on any atom is 0.317 e. The van der Waals surface area contributed by atoms with Crippen LogP contribution in [-0.2, 0) is 14.3 Å². The molecule has 1 aliphatic heterocycles. The number of rotatable bonds is 8. The van der Waals surface area contributed by atoms with Gasteiger partial charge in [-0.2, -0.15) is 0 Å². The Bertz CT molecular complexity index is 577. The van der Waals surface area contributed by atoms with Gasteiger partial charge in [0, 0.05) is 19.6 Å². The highest BCUT2D eigenvalue weighted by Crippen LogP contribution is 2.17. The largest absolute Gasteiger partial charge is 0.497 e. The SMILES string of the molecule is COc1ccc(OCC(=O)N2CCOC(CN(C)CC(=O)O)C2)cc1. The number of amides is 1. The number of likely N-dealkylation sites (N-methyl/N-ethyl adjacent to an activating group) is 1. The molecule has 1 aromatic carbocycles. The Hall–Kier alpha value is -2.32. The zero-order chi connectivity index (χ0) is 18.2. The zero-order valence-electron chi connectivity index (χ0n) is 14.5. The van der Waals surface area contributed by atoms with Gasteiger partial charge < -0.3 is 24.2 Å². The van der Waals surface area contributed by atoms with Crippen molar-refractivity contribution in [3.8, 4) is 11.5 Å². The quantitative estimate of drug-likeness (QED) is 0.721. The van der Waals surface area contributed by atoms with Crippen LogP contribution in [0.15, 0.2) is 24.3 Å². The third-order valence-corrected chi connectivity index (χ3v) is 3.83. The van der Waals surface area contributed by atoms with Crippen molar-refractivity contribution < 1.29 is 28.9 Å². The number of benzene rings is 1. The second-order valence-electron chi connectivity index (χ2n) is 5.89. The molecule has 1 saturated heterocycles. The van der Waals surface area contributed by atoms with E-state index in [1.165, 1.54) is 0 Å². The predicted molar refractivity (Wildman–Crippen MR) is 89.9 cm³/mol. The van der Waals surface area contributed by atoms with Gasteiger partial charge in [-0.25, -0.2) is 0 Å². The Morgan fingerprint density at radius 3 is 2.64 bits per heavy atom. The van der Waals surface area contributed by atoms with Crippen LogP contribution in [0.3, 0.4) is 0 Å². The van der Waals surface area contributed by atoms with E-state index in [-0.39, 0.29) is 25.2 Å². The third-order valence-electron chi connectivity index (χ3n) is 3.83. The minimum Gasteiger partial charge on any atom is -0.497 e. The topological polar surface area (TPSA) is 88.5 Å². The highest BCUT2D eigenvalue weighted by atomic mass is 16.5. The van der Waals surface area contributed by atoms with Gasteiger partial charge in [0.1, 0.15) is 11.5 Å². The van der Waals surface area contributed by atoms with Crippen LogP contribution in [0.25, 0.3) is 0 Å². The number of hydrogen-bond acceptors (Lipinski definition) is 6. The van der Waals surface area contributed by atoms with Gasteiger partial charge in [-0.3, -0.25) is 14.5 Å². The minimum absolute atomic E-state index is 0.0516. The molecule has 0 saturated carbocycles. The summed E-state index contributed by atoms with van der Waals surface area (Å²) < 4.78 is 16.2. The van der Waals surface area contributed by atoms with E-state index in [0.717, 1.165) is 5.75 Å². The first-order valence-electron chi connectivity index (χ1n) is 8.04. The fourth-order valence-corrected chi connectivity index (χ4v) is 2.61. The number of aliphatic carboxylic acids is 1. The highest BCUT2D eigenvalue weighted by Gasteiger charge is 2.25. The second kappa shape index (κ2) is 9.24. The Kier molecular flexibility index (Phi) is 7.03. The van der Waals surface area contributed by atoms with E-state index in [2.05, 4.69) is 0 Å². The molecule has 25 heavy (non-hydrogen) atoms. The van der Waals surface area contributed by atoms with E-state index in [1.54, 1.807) is 48.2 Å². The van der Waals surface area contributed by atoms with Gasteiger partial charge in [0.05, 0.1) is 26.4 Å². The molecule has 1 atom stereocenters. The van der Waals surface area contributed by atoms with Crippen molar-refractivity contribution in [3.05, 3.63) is 24.3 Å². The Morgan fingerprint density at radius 2 is 2.00 bits per heavy atom. The molecular formula is C17H24N2O6. The first-order valence-corrected chi connectivity index (χ1v) is 8.04. The van der Waals surface area contributed by atoms with Crippen molar-refractivity contribution in [2.24, 2.45) is 0 Å². The van der Waals surface area contributed by atoms with Crippen LogP contribution in [0.5, 0.6) is 11.5 Å². The number of nitrogens with zero attached hydrogens (tertiary/aromatic N) is 2. The highest BCUT2D eigenvalue weighted by molar-refractivity contribution is 5.78. The summed E-state index contributed by atoms with van der Waals surface area (Å²) in [5, 5.41) is 8.79. The standard InChI is InChI=1S/C17H24N2O6/c1-18(11-17(21)22)9-15-10-19(7-8-24-15)16(20)12-25-14-5-3-13(23-2)4-6-14/h3-6,15H,7-12H2,1-2H3,(H,21,22). The third kappa shape index (κ3) is 6.24. The normalized spacial score (nSPS) is 17.4. The lowest BCUT2D eigenvalue weighted by Gasteiger charge is -2.34. The first-order chi connectivity index (χ1) is 12.0. The van der Waals surface area contributed by atoms with E-state index in [1.807, 2.05) is 0 Å². The zero-order valence-corrected chi connectivity index (χ0v) is 14.5. The van der Waals surface area contributed by atoms with Crippen LogP contribution in [-0.4, -0.2) is 86.4 Å². The molecule has 1 fully saturated rings. The average Bonchev–Trinajstić information content (AvgIpc) is 2.59. The lowest BCUT2D eigenvalue weighted by molar-refractivity contribution is -0.143. The number of hydrogen-bond donors (Lipinski definition) is 1. The number of carboxylic acid groups (broad SMARTS) is 1. The Morgan fingerprint density at radius 1 is 1.32 bits per heavy atom. The molecule has 0 aliphatic carbocycles. The van der Waals surface area contributed by atoms with E-state index in [9.17, 15) is 9.59 Å². The molecule has 2 rings (SSSR count). The number of ether oxygens (including phenoxy) is 3. The van der Waals surface area contributed by atoms with Crippen LogP contribution >= 0.6 is 0 Å². The van der Waals surface area contributed by atoms with Crippen molar-refractivity contribution in [2.45, 2.75) is 6.10 Å². The van der Waals surface area contributed by atoms with Crippen LogP contribution < -0.4 is 9.47 Å². The van der Waals surface area contributed by atoms with Crippen LogP contribution in [0.1, 0.15) is 0 Å². The summed E-state index contributed by atoms with van der Waals surface area (Å²) in [6.07, 6.45) is -0.206. The lowest BCUT2D eigenvalue weighted by Crippen LogP contribution is -2.50. The van der Waals surface area contributed by atoms with Gasteiger partial charge in [-0.1, -0.05) is 0 Å². The Balaban J connectivity index is 1.79. The van der Waals surface area contributed by atoms with Crippen LogP contribution in [0.2, 0.25) is 0 Å². The summed E-state index contributed by atoms with van der Waals surface area (Å²) in [7, 11) is 3.30. The van der Waals surface area contributed by atoms with Gasteiger partial charge in [0.25, 0.3) is 5.91 Å². The fourth-order valence-electron chi connectivity index (χ4n) is 2.61. The van der Waals surface area contributed by atoms with Gasteiger partial charge in [0.2, 0.25) is 0 Å². The summed E-state index contributed by atoms with van der Waals surface area (Å²) >= 11 is 0. The fraction of sp³-hybridized carbons (Fsp3) is 0.529. The van der Waals surface area contributed by atoms with Gasteiger partial charge in [-0.05, 0) is 31.3 Å². The number of carbonyl (C=O) groups is 2. The second-order valence-corrected chi connectivity index (χ2v) is 5.89. The van der Waals surface area contributed by atoms with Crippen molar-refractivity contribution >= 4 is 11.9 Å². The monoisotopic (exact) mass is 352 g/mol. The molecule has 1 unspecified atom stereocenters. The molecule has 8 nitrogen and oxygen atoms in total. The Labute approximate surface area is 146 Å². The van der Waals surface area contributed by atoms with Gasteiger partial charge >= 0.3 is 5.97 Å². The van der Waals surface area contributed by atoms with E-state index in [4.69, 9.17) is 19.3 Å². The maximum atomic E-state index is 12.3. The van der Waals surface area contributed by atoms with Crippen molar-refractivity contribution in [1.82, 2.24) is 9.80 Å². The van der Waals surface area contributed by atoms with Crippen LogP contribution in [0.4, 0.5) is 0 Å². The smallest absolute Gasteiger partial charge is 0.317 e. The van der Waals surface area contributed by atoms with E-state index < -0.39 is 5.97 Å². The lowest BCUT2D eigenvalue weighted by atomic mass is 10.2. The molecule has 1 aliphatic rings. The summed E-state index contributed by atoms with van der Waals surface area (Å²) in [4.78, 5) is 26.4. The predicted octanol–water partition coefficient (Wildman–Crippen LogP) is 0.318. The number of methoxy groups -OCH3 is 1. The minimum atomic E-state index is -0.890. The molecule has 0 bridgehead atoms. The van der Waals surface area contributed by atoms with Crippen molar-refractivity contribution in [3.63, 3.8) is 0 Å². The van der Waals surface area contributed by atoms with E-state index >= 15 is 0 Å². The van der Waals surface area contributed by atoms with E-state index in [0.29, 0.717) is 32.0 Å². The van der Waals surface area contributed by atoms with Gasteiger partial charge in [0.15, 0.2) is 6.61 Å². The van der Waals surface area contributed by atoms with Crippen molar-refractivity contribution in [2.75, 3.05) is 53.6 Å². The molecule has 0 radical (unpaired) electrons. The summed E-state index contributed by atoms with van der Waals surface area (Å²) in [6.45, 7) is 1.70. The number of carboxylic acids is 1. The molecule has 1 heterocycles. The summed E-state index contributed by atoms with van der Waals surface area (Å²) in [5.74, 6) is 0.310. The molecule has 0 aromatic heterocycles. The molecule has 1 amide bonds. The van der Waals surface area contributed by atoms with Gasteiger partial charge in [-0.15, -0.1) is 0 Å². The molecule has 138 valence electrons. The molecular weight excluding hydrogens is 328 g/mol. The van der Waals surface area contributed by atoms with Crippen molar-refractivity contribution in [1.29, 1.82) is 0 Å². The molecule has 8 heteroatoms. The number of carbonyl (C=O) groups excluding carboxylic acids is 1. The molecule has 1 aromatic rings.